The van der Waals surface area contributed by atoms with Crippen molar-refractivity contribution in [3.63, 3.8) is 0 Å². The van der Waals surface area contributed by atoms with E-state index in [0.29, 0.717) is 11.6 Å². The monoisotopic (exact) mass is 300 g/mol. The lowest BCUT2D eigenvalue weighted by Gasteiger charge is -2.07. The molecule has 0 unspecified atom stereocenters. The summed E-state index contributed by atoms with van der Waals surface area (Å²) in [6.45, 7) is 0.678. The highest BCUT2D eigenvalue weighted by atomic mass is 79.9. The summed E-state index contributed by atoms with van der Waals surface area (Å²) in [6.07, 6.45) is 1.73. The van der Waals surface area contributed by atoms with Gasteiger partial charge in [-0.3, -0.25) is 4.68 Å². The van der Waals surface area contributed by atoms with Gasteiger partial charge in [0.25, 0.3) is 0 Å². The molecule has 0 bridgehead atoms. The van der Waals surface area contributed by atoms with E-state index in [1.54, 1.807) is 10.9 Å². The van der Waals surface area contributed by atoms with Gasteiger partial charge in [-0.15, -0.1) is 5.10 Å². The molecule has 84 valence electrons. The summed E-state index contributed by atoms with van der Waals surface area (Å²) in [5.74, 6) is 0. The third-order valence-electron chi connectivity index (χ3n) is 2.20. The standard InChI is InChI=1S/C10H10BrClN4/c1-16-8(6-14-15-16)5-13-7-2-3-10(12)9(11)4-7/h2-4,6,13H,5H2,1H3. The summed E-state index contributed by atoms with van der Waals surface area (Å²) in [5.41, 5.74) is 2.02. The van der Waals surface area contributed by atoms with Crippen LogP contribution in [0.4, 0.5) is 5.69 Å². The normalized spacial score (nSPS) is 10.4. The van der Waals surface area contributed by atoms with E-state index >= 15 is 0 Å². The molecule has 0 amide bonds. The Hall–Kier alpha value is -1.07. The fraction of sp³-hybridized carbons (Fsp3) is 0.200. The third kappa shape index (κ3) is 2.54. The van der Waals surface area contributed by atoms with Crippen molar-refractivity contribution < 1.29 is 0 Å². The molecule has 1 N–H and O–H groups in total. The minimum absolute atomic E-state index is 0.678. The zero-order valence-electron chi connectivity index (χ0n) is 8.61. The van der Waals surface area contributed by atoms with E-state index < -0.39 is 0 Å². The predicted molar refractivity (Wildman–Crippen MR) is 67.5 cm³/mol. The molecule has 1 aromatic carbocycles. The molecule has 1 aromatic heterocycles. The first-order chi connectivity index (χ1) is 7.66. The first-order valence-electron chi connectivity index (χ1n) is 4.69. The number of benzene rings is 1. The van der Waals surface area contributed by atoms with Crippen molar-refractivity contribution in [1.29, 1.82) is 0 Å². The van der Waals surface area contributed by atoms with Gasteiger partial charge in [-0.25, -0.2) is 0 Å². The van der Waals surface area contributed by atoms with Crippen molar-refractivity contribution in [2.24, 2.45) is 7.05 Å². The summed E-state index contributed by atoms with van der Waals surface area (Å²) in [7, 11) is 1.86. The molecular weight excluding hydrogens is 291 g/mol. The highest BCUT2D eigenvalue weighted by molar-refractivity contribution is 9.10. The summed E-state index contributed by atoms with van der Waals surface area (Å²) in [5, 5.41) is 11.6. The molecule has 0 aliphatic carbocycles. The van der Waals surface area contributed by atoms with E-state index in [9.17, 15) is 0 Å². The number of aromatic nitrogens is 3. The van der Waals surface area contributed by atoms with Crippen molar-refractivity contribution in [1.82, 2.24) is 15.0 Å². The molecule has 4 nitrogen and oxygen atoms in total. The Bertz CT molecular complexity index is 497. The Morgan fingerprint density at radius 2 is 2.31 bits per heavy atom. The van der Waals surface area contributed by atoms with Gasteiger partial charge in [-0.05, 0) is 34.1 Å². The van der Waals surface area contributed by atoms with Gasteiger partial charge in [0.15, 0.2) is 0 Å². The van der Waals surface area contributed by atoms with Crippen LogP contribution in [0, 0.1) is 0 Å². The lowest BCUT2D eigenvalue weighted by molar-refractivity contribution is 0.683. The molecule has 0 saturated carbocycles. The third-order valence-corrected chi connectivity index (χ3v) is 3.42. The van der Waals surface area contributed by atoms with Crippen LogP contribution in [0.1, 0.15) is 5.69 Å². The van der Waals surface area contributed by atoms with Gasteiger partial charge >= 0.3 is 0 Å². The number of aryl methyl sites for hydroxylation is 1. The van der Waals surface area contributed by atoms with Crippen LogP contribution in [-0.4, -0.2) is 15.0 Å². The highest BCUT2D eigenvalue weighted by Gasteiger charge is 2.01. The summed E-state index contributed by atoms with van der Waals surface area (Å²) in [6, 6.07) is 5.71. The smallest absolute Gasteiger partial charge is 0.0774 e. The Balaban J connectivity index is 2.05. The van der Waals surface area contributed by atoms with Crippen molar-refractivity contribution in [3.05, 3.63) is 39.6 Å². The van der Waals surface area contributed by atoms with Gasteiger partial charge in [0.2, 0.25) is 0 Å². The molecule has 0 aliphatic rings. The van der Waals surface area contributed by atoms with Gasteiger partial charge < -0.3 is 5.32 Å². The van der Waals surface area contributed by atoms with Gasteiger partial charge in [0.1, 0.15) is 0 Å². The van der Waals surface area contributed by atoms with Crippen LogP contribution in [-0.2, 0) is 13.6 Å². The van der Waals surface area contributed by atoms with E-state index in [2.05, 4.69) is 31.6 Å². The van der Waals surface area contributed by atoms with Crippen LogP contribution in [0.25, 0.3) is 0 Å². The number of halogens is 2. The fourth-order valence-corrected chi connectivity index (χ4v) is 1.77. The van der Waals surface area contributed by atoms with Crippen LogP contribution in [0.2, 0.25) is 5.02 Å². The molecule has 16 heavy (non-hydrogen) atoms. The maximum atomic E-state index is 5.91. The van der Waals surface area contributed by atoms with Crippen molar-refractivity contribution in [2.75, 3.05) is 5.32 Å². The molecule has 6 heteroatoms. The van der Waals surface area contributed by atoms with Crippen molar-refractivity contribution >= 4 is 33.2 Å². The fourth-order valence-electron chi connectivity index (χ4n) is 1.27. The average Bonchev–Trinajstić information content (AvgIpc) is 2.66. The number of nitrogens with one attached hydrogen (secondary N) is 1. The lowest BCUT2D eigenvalue weighted by atomic mass is 10.3. The molecule has 0 saturated heterocycles. The van der Waals surface area contributed by atoms with E-state index in [1.807, 2.05) is 25.2 Å². The van der Waals surface area contributed by atoms with Crippen LogP contribution < -0.4 is 5.32 Å². The van der Waals surface area contributed by atoms with Crippen LogP contribution in [0.15, 0.2) is 28.9 Å². The number of nitrogens with zero attached hydrogens (tertiary/aromatic N) is 3. The van der Waals surface area contributed by atoms with Gasteiger partial charge in [0.05, 0.1) is 23.5 Å². The topological polar surface area (TPSA) is 42.7 Å². The second-order valence-electron chi connectivity index (χ2n) is 3.33. The maximum Gasteiger partial charge on any atom is 0.0774 e. The molecule has 0 fully saturated rings. The Labute approximate surface area is 107 Å². The first-order valence-corrected chi connectivity index (χ1v) is 5.86. The number of rotatable bonds is 3. The minimum atomic E-state index is 0.678. The largest absolute Gasteiger partial charge is 0.379 e. The number of hydrogen-bond donors (Lipinski definition) is 1. The SMILES string of the molecule is Cn1nncc1CNc1ccc(Cl)c(Br)c1. The quantitative estimate of drug-likeness (QED) is 0.948. The Kier molecular flexibility index (Phi) is 3.46. The van der Waals surface area contributed by atoms with Crippen LogP contribution in [0.5, 0.6) is 0 Å². The second kappa shape index (κ2) is 4.84. The molecule has 2 aromatic rings. The van der Waals surface area contributed by atoms with E-state index in [1.165, 1.54) is 0 Å². The van der Waals surface area contributed by atoms with Gasteiger partial charge in [-0.1, -0.05) is 16.8 Å². The predicted octanol–water partition coefficient (Wildman–Crippen LogP) is 2.84. The van der Waals surface area contributed by atoms with Crippen molar-refractivity contribution in [2.45, 2.75) is 6.54 Å². The number of hydrogen-bond acceptors (Lipinski definition) is 3. The van der Waals surface area contributed by atoms with Gasteiger partial charge in [-0.2, -0.15) is 0 Å². The van der Waals surface area contributed by atoms with E-state index in [0.717, 1.165) is 15.9 Å². The number of anilines is 1. The Morgan fingerprint density at radius 3 is 2.94 bits per heavy atom. The summed E-state index contributed by atoms with van der Waals surface area (Å²) >= 11 is 9.28. The molecular formula is C10H10BrClN4. The molecule has 1 heterocycles. The maximum absolute atomic E-state index is 5.91. The zero-order valence-corrected chi connectivity index (χ0v) is 11.0. The Morgan fingerprint density at radius 1 is 1.50 bits per heavy atom. The minimum Gasteiger partial charge on any atom is -0.379 e. The van der Waals surface area contributed by atoms with E-state index in [-0.39, 0.29) is 0 Å². The zero-order chi connectivity index (χ0) is 11.5. The second-order valence-corrected chi connectivity index (χ2v) is 4.59. The molecule has 0 aliphatic heterocycles. The van der Waals surface area contributed by atoms with Crippen LogP contribution in [0.3, 0.4) is 0 Å². The average molecular weight is 302 g/mol. The summed E-state index contributed by atoms with van der Waals surface area (Å²) < 4.78 is 2.61. The van der Waals surface area contributed by atoms with Gasteiger partial charge in [0, 0.05) is 17.2 Å². The molecule has 0 radical (unpaired) electrons. The highest BCUT2D eigenvalue weighted by Crippen LogP contribution is 2.25. The van der Waals surface area contributed by atoms with E-state index in [4.69, 9.17) is 11.6 Å². The molecule has 0 spiro atoms. The lowest BCUT2D eigenvalue weighted by Crippen LogP contribution is -2.05. The first kappa shape index (κ1) is 11.4. The summed E-state index contributed by atoms with van der Waals surface area (Å²) in [4.78, 5) is 0. The molecule has 2 rings (SSSR count). The molecule has 0 atom stereocenters. The van der Waals surface area contributed by atoms with Crippen molar-refractivity contribution in [3.8, 4) is 0 Å². The van der Waals surface area contributed by atoms with Crippen LogP contribution >= 0.6 is 27.5 Å².